The third kappa shape index (κ3) is 2.86. The van der Waals surface area contributed by atoms with Gasteiger partial charge < -0.3 is 20.1 Å². The van der Waals surface area contributed by atoms with Crippen molar-refractivity contribution in [2.45, 2.75) is 51.6 Å². The first-order chi connectivity index (χ1) is 11.9. The van der Waals surface area contributed by atoms with Gasteiger partial charge in [-0.15, -0.1) is 0 Å². The molecule has 3 N–H and O–H groups in total. The Kier molecular flexibility index (Phi) is 5.11. The van der Waals surface area contributed by atoms with E-state index < -0.39 is 11.5 Å². The quantitative estimate of drug-likeness (QED) is 0.521. The Bertz CT molecular complexity index is 577. The number of carbonyl (C=O) groups excluding carboxylic acids is 1. The van der Waals surface area contributed by atoms with Crippen LogP contribution in [-0.2, 0) is 9.53 Å². The normalized spacial score (nSPS) is 37.4. The third-order valence-electron chi connectivity index (χ3n) is 7.25. The fourth-order valence-corrected chi connectivity index (χ4v) is 5.72. The van der Waals surface area contributed by atoms with Crippen LogP contribution >= 0.6 is 0 Å². The van der Waals surface area contributed by atoms with E-state index in [0.29, 0.717) is 19.4 Å². The predicted octanol–water partition coefficient (Wildman–Crippen LogP) is 1.96. The number of aliphatic hydroxyl groups excluding tert-OH is 3. The van der Waals surface area contributed by atoms with Crippen molar-refractivity contribution in [3.8, 4) is 0 Å². The maximum atomic E-state index is 11.7. The molecular formula is C20H30O5. The second-order valence-electron chi connectivity index (χ2n) is 8.28. The highest BCUT2D eigenvalue weighted by molar-refractivity contribution is 5.90. The van der Waals surface area contributed by atoms with E-state index in [0.717, 1.165) is 31.3 Å². The standard InChI is InChI=1S/C20H30O5/c1-13-3-6-16-19(2,9-7-17(23)20(16,11-21)12-22)15(13)5-4-14-8-10-25-18(14)24/h8,15-17,21-23H,1,3-7,9-12H2,2H3/t15-,16-,17-,19+/m1/s1. The molecule has 0 aromatic rings. The lowest BCUT2D eigenvalue weighted by Gasteiger charge is -2.60. The molecule has 140 valence electrons. The van der Waals surface area contributed by atoms with Crippen molar-refractivity contribution in [1.29, 1.82) is 0 Å². The molecule has 1 aliphatic heterocycles. The second kappa shape index (κ2) is 6.86. The molecule has 1 heterocycles. The Morgan fingerprint density at radius 3 is 2.64 bits per heavy atom. The van der Waals surface area contributed by atoms with Gasteiger partial charge in [0, 0.05) is 11.0 Å². The van der Waals surface area contributed by atoms with E-state index in [2.05, 4.69) is 13.5 Å². The summed E-state index contributed by atoms with van der Waals surface area (Å²) < 4.78 is 4.99. The first kappa shape index (κ1) is 18.6. The van der Waals surface area contributed by atoms with Crippen LogP contribution in [0.15, 0.2) is 23.8 Å². The molecule has 5 nitrogen and oxygen atoms in total. The van der Waals surface area contributed by atoms with E-state index in [9.17, 15) is 20.1 Å². The Morgan fingerprint density at radius 2 is 2.04 bits per heavy atom. The van der Waals surface area contributed by atoms with Gasteiger partial charge in [0.05, 0.1) is 19.3 Å². The zero-order valence-corrected chi connectivity index (χ0v) is 15.0. The van der Waals surface area contributed by atoms with Gasteiger partial charge in [0.15, 0.2) is 0 Å². The lowest BCUT2D eigenvalue weighted by molar-refractivity contribution is -0.179. The molecule has 0 amide bonds. The molecular weight excluding hydrogens is 320 g/mol. The van der Waals surface area contributed by atoms with E-state index in [-0.39, 0.29) is 36.4 Å². The fraction of sp³-hybridized carbons (Fsp3) is 0.750. The molecule has 0 saturated heterocycles. The smallest absolute Gasteiger partial charge is 0.334 e. The van der Waals surface area contributed by atoms with Crippen LogP contribution in [0, 0.1) is 22.7 Å². The first-order valence-electron chi connectivity index (χ1n) is 9.32. The zero-order chi connectivity index (χ0) is 18.2. The van der Waals surface area contributed by atoms with Gasteiger partial charge in [0.1, 0.15) is 6.61 Å². The maximum absolute atomic E-state index is 11.7. The van der Waals surface area contributed by atoms with Gasteiger partial charge in [-0.2, -0.15) is 0 Å². The summed E-state index contributed by atoms with van der Waals surface area (Å²) in [4.78, 5) is 11.7. The van der Waals surface area contributed by atoms with Crippen LogP contribution in [0.5, 0.6) is 0 Å². The van der Waals surface area contributed by atoms with E-state index in [1.807, 2.05) is 6.08 Å². The zero-order valence-electron chi connectivity index (χ0n) is 15.0. The Balaban J connectivity index is 1.85. The molecule has 0 spiro atoms. The van der Waals surface area contributed by atoms with Crippen molar-refractivity contribution < 1.29 is 24.9 Å². The number of allylic oxidation sites excluding steroid dienone is 1. The molecule has 3 aliphatic rings. The number of hydrogen-bond donors (Lipinski definition) is 3. The van der Waals surface area contributed by atoms with Crippen LogP contribution in [0.2, 0.25) is 0 Å². The molecule has 25 heavy (non-hydrogen) atoms. The average molecular weight is 350 g/mol. The number of esters is 1. The minimum atomic E-state index is -0.850. The highest BCUT2D eigenvalue weighted by Crippen LogP contribution is 2.61. The highest BCUT2D eigenvalue weighted by Gasteiger charge is 2.59. The number of hydrogen-bond acceptors (Lipinski definition) is 5. The highest BCUT2D eigenvalue weighted by atomic mass is 16.5. The van der Waals surface area contributed by atoms with Gasteiger partial charge in [-0.3, -0.25) is 0 Å². The molecule has 2 aliphatic carbocycles. The number of fused-ring (bicyclic) bond motifs is 1. The Morgan fingerprint density at radius 1 is 1.32 bits per heavy atom. The van der Waals surface area contributed by atoms with Crippen LogP contribution in [-0.4, -0.2) is 47.2 Å². The SMILES string of the molecule is C=C1CC[C@H]2C(CO)(CO)[C@H](O)CC[C@@]2(C)[C@@H]1CCC1=CCOC1=O. The van der Waals surface area contributed by atoms with E-state index >= 15 is 0 Å². The van der Waals surface area contributed by atoms with Crippen LogP contribution < -0.4 is 0 Å². The minimum absolute atomic E-state index is 0.0405. The molecule has 0 unspecified atom stereocenters. The largest absolute Gasteiger partial charge is 0.458 e. The molecule has 0 radical (unpaired) electrons. The maximum Gasteiger partial charge on any atom is 0.334 e. The molecule has 0 aromatic heterocycles. The van der Waals surface area contributed by atoms with Gasteiger partial charge in [-0.25, -0.2) is 4.79 Å². The van der Waals surface area contributed by atoms with Crippen molar-refractivity contribution >= 4 is 5.97 Å². The lowest BCUT2D eigenvalue weighted by Crippen LogP contribution is -2.60. The third-order valence-corrected chi connectivity index (χ3v) is 7.25. The van der Waals surface area contributed by atoms with Gasteiger partial charge in [0.25, 0.3) is 0 Å². The summed E-state index contributed by atoms with van der Waals surface area (Å²) in [6.07, 6.45) is 5.73. The van der Waals surface area contributed by atoms with E-state index in [1.165, 1.54) is 5.57 Å². The second-order valence-corrected chi connectivity index (χ2v) is 8.28. The van der Waals surface area contributed by atoms with Crippen molar-refractivity contribution in [1.82, 2.24) is 0 Å². The van der Waals surface area contributed by atoms with Gasteiger partial charge in [-0.1, -0.05) is 19.1 Å². The summed E-state index contributed by atoms with van der Waals surface area (Å²) in [5.41, 5.74) is 0.942. The predicted molar refractivity (Wildman–Crippen MR) is 93.6 cm³/mol. The van der Waals surface area contributed by atoms with Crippen molar-refractivity contribution in [3.05, 3.63) is 23.8 Å². The molecule has 0 bridgehead atoms. The van der Waals surface area contributed by atoms with E-state index in [1.54, 1.807) is 0 Å². The molecule has 5 heteroatoms. The van der Waals surface area contributed by atoms with Gasteiger partial charge >= 0.3 is 5.97 Å². The van der Waals surface area contributed by atoms with Crippen molar-refractivity contribution in [3.63, 3.8) is 0 Å². The van der Waals surface area contributed by atoms with Crippen LogP contribution in [0.3, 0.4) is 0 Å². The number of aliphatic hydroxyl groups is 3. The molecule has 3 rings (SSSR count). The molecule has 2 saturated carbocycles. The topological polar surface area (TPSA) is 87.0 Å². The summed E-state index contributed by atoms with van der Waals surface area (Å²) in [5.74, 6) is 0.0338. The fourth-order valence-electron chi connectivity index (χ4n) is 5.72. The van der Waals surface area contributed by atoms with Crippen molar-refractivity contribution in [2.24, 2.45) is 22.7 Å². The number of carbonyl (C=O) groups is 1. The summed E-state index contributed by atoms with van der Waals surface area (Å²) >= 11 is 0. The number of cyclic esters (lactones) is 1. The van der Waals surface area contributed by atoms with Gasteiger partial charge in [-0.05, 0) is 61.9 Å². The molecule has 0 aromatic carbocycles. The summed E-state index contributed by atoms with van der Waals surface area (Å²) in [6.45, 7) is 6.45. The summed E-state index contributed by atoms with van der Waals surface area (Å²) in [7, 11) is 0. The number of rotatable bonds is 5. The van der Waals surface area contributed by atoms with E-state index in [4.69, 9.17) is 4.74 Å². The Hall–Kier alpha value is -1.17. The van der Waals surface area contributed by atoms with Crippen LogP contribution in [0.1, 0.15) is 45.4 Å². The average Bonchev–Trinajstić information content (AvgIpc) is 3.00. The minimum Gasteiger partial charge on any atom is -0.458 e. The lowest BCUT2D eigenvalue weighted by atomic mass is 9.45. The molecule has 2 fully saturated rings. The van der Waals surface area contributed by atoms with Crippen molar-refractivity contribution in [2.75, 3.05) is 19.8 Å². The van der Waals surface area contributed by atoms with Crippen LogP contribution in [0.25, 0.3) is 0 Å². The summed E-state index contributed by atoms with van der Waals surface area (Å²) in [5, 5.41) is 30.6. The van der Waals surface area contributed by atoms with Gasteiger partial charge in [0.2, 0.25) is 0 Å². The summed E-state index contributed by atoms with van der Waals surface area (Å²) in [6, 6.07) is 0. The first-order valence-corrected chi connectivity index (χ1v) is 9.32. The Labute approximate surface area is 149 Å². The monoisotopic (exact) mass is 350 g/mol. The number of ether oxygens (including phenoxy) is 1. The van der Waals surface area contributed by atoms with Crippen LogP contribution in [0.4, 0.5) is 0 Å². The molecule has 4 atom stereocenters.